The van der Waals surface area contributed by atoms with Crippen molar-refractivity contribution in [2.24, 2.45) is 0 Å². The molecule has 0 saturated heterocycles. The molecule has 1 rings (SSSR count). The van der Waals surface area contributed by atoms with Crippen LogP contribution in [0.4, 0.5) is 0 Å². The molecule has 0 amide bonds. The minimum absolute atomic E-state index is 0.718. The summed E-state index contributed by atoms with van der Waals surface area (Å²) < 4.78 is 5.38. The predicted octanol–water partition coefficient (Wildman–Crippen LogP) is 3.10. The van der Waals surface area contributed by atoms with Crippen LogP contribution in [-0.4, -0.2) is 19.7 Å². The van der Waals surface area contributed by atoms with Crippen LogP contribution < -0.4 is 10.1 Å². The van der Waals surface area contributed by atoms with E-state index in [0.29, 0.717) is 0 Å². The van der Waals surface area contributed by atoms with Crippen molar-refractivity contribution < 1.29 is 4.74 Å². The zero-order valence-electron chi connectivity index (χ0n) is 10.2. The third-order valence-corrected chi connectivity index (χ3v) is 2.19. The molecule has 1 N–H and O–H groups in total. The molecule has 1 aromatic rings. The van der Waals surface area contributed by atoms with E-state index >= 15 is 0 Å². The molecule has 88 valence electrons. The molecule has 1 aromatic carbocycles. The molecule has 0 aliphatic rings. The van der Waals surface area contributed by atoms with Crippen molar-refractivity contribution in [3.05, 3.63) is 35.9 Å². The van der Waals surface area contributed by atoms with Gasteiger partial charge in [-0.3, -0.25) is 0 Å². The summed E-state index contributed by atoms with van der Waals surface area (Å²) in [6.45, 7) is 6.89. The van der Waals surface area contributed by atoms with E-state index in [1.165, 1.54) is 12.0 Å². The van der Waals surface area contributed by atoms with Crippen molar-refractivity contribution in [2.75, 3.05) is 19.7 Å². The molecule has 0 aliphatic carbocycles. The normalized spacial score (nSPS) is 10.9. The highest BCUT2D eigenvalue weighted by Gasteiger charge is 1.90. The quantitative estimate of drug-likeness (QED) is 0.711. The highest BCUT2D eigenvalue weighted by Crippen LogP contribution is 2.12. The molecular weight excluding hydrogens is 198 g/mol. The van der Waals surface area contributed by atoms with Gasteiger partial charge in [0.25, 0.3) is 0 Å². The van der Waals surface area contributed by atoms with E-state index in [-0.39, 0.29) is 0 Å². The van der Waals surface area contributed by atoms with Crippen LogP contribution in [0.5, 0.6) is 5.75 Å². The van der Waals surface area contributed by atoms with Crippen LogP contribution in [0.1, 0.15) is 25.8 Å². The zero-order valence-corrected chi connectivity index (χ0v) is 10.2. The Morgan fingerprint density at radius 3 is 2.56 bits per heavy atom. The second-order valence-corrected chi connectivity index (χ2v) is 3.61. The second kappa shape index (κ2) is 7.94. The van der Waals surface area contributed by atoms with Gasteiger partial charge in [0.15, 0.2) is 0 Å². The van der Waals surface area contributed by atoms with E-state index in [1.807, 2.05) is 19.1 Å². The van der Waals surface area contributed by atoms with Gasteiger partial charge in [0.2, 0.25) is 0 Å². The number of benzene rings is 1. The summed E-state index contributed by atoms with van der Waals surface area (Å²) in [6.07, 6.45) is 5.45. The number of rotatable bonds is 7. The molecule has 0 unspecified atom stereocenters. The maximum absolute atomic E-state index is 5.38. The van der Waals surface area contributed by atoms with Crippen LogP contribution in [0.25, 0.3) is 6.08 Å². The average Bonchev–Trinajstić information content (AvgIpc) is 2.31. The number of nitrogens with one attached hydrogen (secondary N) is 1. The van der Waals surface area contributed by atoms with Crippen LogP contribution in [0.2, 0.25) is 0 Å². The summed E-state index contributed by atoms with van der Waals surface area (Å²) >= 11 is 0. The fourth-order valence-electron chi connectivity index (χ4n) is 1.40. The van der Waals surface area contributed by atoms with Crippen molar-refractivity contribution in [3.8, 4) is 5.75 Å². The zero-order chi connectivity index (χ0) is 11.6. The molecule has 0 fully saturated rings. The average molecular weight is 219 g/mol. The van der Waals surface area contributed by atoms with Crippen LogP contribution in [0, 0.1) is 0 Å². The first-order valence-corrected chi connectivity index (χ1v) is 5.97. The monoisotopic (exact) mass is 219 g/mol. The second-order valence-electron chi connectivity index (χ2n) is 3.61. The predicted molar refractivity (Wildman–Crippen MR) is 69.8 cm³/mol. The van der Waals surface area contributed by atoms with E-state index in [0.717, 1.165) is 25.4 Å². The summed E-state index contributed by atoms with van der Waals surface area (Å²) in [6, 6.07) is 8.15. The summed E-state index contributed by atoms with van der Waals surface area (Å²) in [5, 5.41) is 3.33. The Labute approximate surface area is 98.3 Å². The van der Waals surface area contributed by atoms with Crippen LogP contribution in [0.3, 0.4) is 0 Å². The summed E-state index contributed by atoms with van der Waals surface area (Å²) in [5.74, 6) is 0.934. The molecule has 0 aliphatic heterocycles. The number of ether oxygens (including phenoxy) is 1. The first-order chi connectivity index (χ1) is 7.86. The summed E-state index contributed by atoms with van der Waals surface area (Å²) in [5.41, 5.74) is 1.21. The molecule has 0 radical (unpaired) electrons. The van der Waals surface area contributed by atoms with Gasteiger partial charge < -0.3 is 10.1 Å². The molecule has 0 heterocycles. The van der Waals surface area contributed by atoms with Gasteiger partial charge in [0.05, 0.1) is 6.61 Å². The molecule has 0 bridgehead atoms. The minimum Gasteiger partial charge on any atom is -0.494 e. The number of hydrogen-bond acceptors (Lipinski definition) is 2. The van der Waals surface area contributed by atoms with Crippen molar-refractivity contribution in [3.63, 3.8) is 0 Å². The SMILES string of the molecule is CCCNCC=Cc1ccc(OCC)cc1. The van der Waals surface area contributed by atoms with Gasteiger partial charge in [0.1, 0.15) is 5.75 Å². The Balaban J connectivity index is 2.36. The van der Waals surface area contributed by atoms with Crippen LogP contribution in [0.15, 0.2) is 30.3 Å². The Morgan fingerprint density at radius 2 is 1.94 bits per heavy atom. The molecular formula is C14H21NO. The van der Waals surface area contributed by atoms with Gasteiger partial charge in [0, 0.05) is 6.54 Å². The van der Waals surface area contributed by atoms with Crippen LogP contribution in [-0.2, 0) is 0 Å². The fraction of sp³-hybridized carbons (Fsp3) is 0.429. The van der Waals surface area contributed by atoms with E-state index in [2.05, 4.69) is 36.5 Å². The number of hydrogen-bond donors (Lipinski definition) is 1. The Kier molecular flexibility index (Phi) is 6.35. The highest BCUT2D eigenvalue weighted by atomic mass is 16.5. The van der Waals surface area contributed by atoms with Gasteiger partial charge in [-0.05, 0) is 37.6 Å². The van der Waals surface area contributed by atoms with E-state index < -0.39 is 0 Å². The van der Waals surface area contributed by atoms with Gasteiger partial charge in [-0.2, -0.15) is 0 Å². The van der Waals surface area contributed by atoms with Crippen molar-refractivity contribution in [2.45, 2.75) is 20.3 Å². The highest BCUT2D eigenvalue weighted by molar-refractivity contribution is 5.50. The van der Waals surface area contributed by atoms with Gasteiger partial charge >= 0.3 is 0 Å². The standard InChI is InChI=1S/C14H21NO/c1-3-11-15-12-5-6-13-7-9-14(10-8-13)16-4-2/h5-10,15H,3-4,11-12H2,1-2H3. The molecule has 0 saturated carbocycles. The third-order valence-electron chi connectivity index (χ3n) is 2.19. The maximum Gasteiger partial charge on any atom is 0.119 e. The lowest BCUT2D eigenvalue weighted by atomic mass is 10.2. The van der Waals surface area contributed by atoms with Gasteiger partial charge in [-0.15, -0.1) is 0 Å². The largest absolute Gasteiger partial charge is 0.494 e. The molecule has 16 heavy (non-hydrogen) atoms. The van der Waals surface area contributed by atoms with E-state index in [9.17, 15) is 0 Å². The van der Waals surface area contributed by atoms with Crippen molar-refractivity contribution in [1.29, 1.82) is 0 Å². The lowest BCUT2D eigenvalue weighted by Gasteiger charge is -2.02. The summed E-state index contributed by atoms with van der Waals surface area (Å²) in [4.78, 5) is 0. The van der Waals surface area contributed by atoms with Gasteiger partial charge in [-0.25, -0.2) is 0 Å². The molecule has 2 heteroatoms. The third kappa shape index (κ3) is 4.99. The Hall–Kier alpha value is -1.28. The Bertz CT molecular complexity index is 303. The van der Waals surface area contributed by atoms with Crippen molar-refractivity contribution in [1.82, 2.24) is 5.32 Å². The van der Waals surface area contributed by atoms with Crippen LogP contribution >= 0.6 is 0 Å². The molecule has 0 atom stereocenters. The van der Waals surface area contributed by atoms with Gasteiger partial charge in [-0.1, -0.05) is 31.2 Å². The molecule has 0 spiro atoms. The maximum atomic E-state index is 5.38. The minimum atomic E-state index is 0.718. The lowest BCUT2D eigenvalue weighted by molar-refractivity contribution is 0.340. The molecule has 2 nitrogen and oxygen atoms in total. The fourth-order valence-corrected chi connectivity index (χ4v) is 1.40. The molecule has 0 aromatic heterocycles. The smallest absolute Gasteiger partial charge is 0.119 e. The lowest BCUT2D eigenvalue weighted by Crippen LogP contribution is -2.13. The summed E-state index contributed by atoms with van der Waals surface area (Å²) in [7, 11) is 0. The Morgan fingerprint density at radius 1 is 1.19 bits per heavy atom. The first-order valence-electron chi connectivity index (χ1n) is 5.97. The van der Waals surface area contributed by atoms with E-state index in [4.69, 9.17) is 4.74 Å². The first kappa shape index (κ1) is 12.8. The topological polar surface area (TPSA) is 21.3 Å². The van der Waals surface area contributed by atoms with E-state index in [1.54, 1.807) is 0 Å². The van der Waals surface area contributed by atoms with Crippen molar-refractivity contribution >= 4 is 6.08 Å².